The van der Waals surface area contributed by atoms with E-state index in [1.807, 2.05) is 42.5 Å². The number of methoxy groups -OCH3 is 1. The van der Waals surface area contributed by atoms with Gasteiger partial charge in [0.15, 0.2) is 0 Å². The van der Waals surface area contributed by atoms with Gasteiger partial charge in [-0.15, -0.1) is 0 Å². The Morgan fingerprint density at radius 3 is 2.48 bits per heavy atom. The maximum absolute atomic E-state index is 12.3. The Hall–Kier alpha value is -3.05. The quantitative estimate of drug-likeness (QED) is 0.641. The molecule has 2 aromatic carbocycles. The zero-order valence-electron chi connectivity index (χ0n) is 14.9. The number of hydrogen-bond donors (Lipinski definition) is 2. The molecule has 3 rings (SSSR count). The lowest BCUT2D eigenvalue weighted by Crippen LogP contribution is -2.23. The largest absolute Gasteiger partial charge is 0.497 e. The molecule has 1 amide bonds. The molecule has 0 saturated carbocycles. The molecule has 0 bridgehead atoms. The Morgan fingerprint density at radius 2 is 1.81 bits per heavy atom. The van der Waals surface area contributed by atoms with Crippen LogP contribution >= 0.6 is 11.6 Å². The highest BCUT2D eigenvalue weighted by molar-refractivity contribution is 6.31. The van der Waals surface area contributed by atoms with Crippen LogP contribution in [0, 0.1) is 0 Å². The van der Waals surface area contributed by atoms with E-state index in [4.69, 9.17) is 16.3 Å². The zero-order chi connectivity index (χ0) is 19.1. The molecule has 0 saturated heterocycles. The summed E-state index contributed by atoms with van der Waals surface area (Å²) in [6.07, 6.45) is 1.55. The first-order valence-corrected chi connectivity index (χ1v) is 8.88. The Balaban J connectivity index is 1.53. The summed E-state index contributed by atoms with van der Waals surface area (Å²) in [6.45, 7) is 1.00. The van der Waals surface area contributed by atoms with Gasteiger partial charge in [-0.25, -0.2) is 4.98 Å². The van der Waals surface area contributed by atoms with Gasteiger partial charge in [0, 0.05) is 24.3 Å². The highest BCUT2D eigenvalue weighted by Gasteiger charge is 2.07. The third kappa shape index (κ3) is 5.21. The molecule has 0 spiro atoms. The number of benzene rings is 2. The van der Waals surface area contributed by atoms with Crippen LogP contribution in [-0.2, 0) is 13.1 Å². The molecular formula is C21H20ClN3O2. The Labute approximate surface area is 163 Å². The number of ether oxygens (including phenoxy) is 1. The van der Waals surface area contributed by atoms with Crippen molar-refractivity contribution in [3.05, 3.63) is 88.6 Å². The number of nitrogens with one attached hydrogen (secondary N) is 2. The van der Waals surface area contributed by atoms with Crippen molar-refractivity contribution in [3.8, 4) is 5.75 Å². The third-order valence-electron chi connectivity index (χ3n) is 4.06. The number of carbonyl (C=O) groups is 1. The van der Waals surface area contributed by atoms with Gasteiger partial charge in [0.2, 0.25) is 0 Å². The van der Waals surface area contributed by atoms with Gasteiger partial charge >= 0.3 is 0 Å². The van der Waals surface area contributed by atoms with E-state index < -0.39 is 0 Å². The molecular weight excluding hydrogens is 362 g/mol. The average molecular weight is 382 g/mol. The molecule has 6 heteroatoms. The van der Waals surface area contributed by atoms with Crippen molar-refractivity contribution >= 4 is 23.3 Å². The molecule has 27 heavy (non-hydrogen) atoms. The third-order valence-corrected chi connectivity index (χ3v) is 4.42. The number of carbonyl (C=O) groups excluding carboxylic acids is 1. The number of rotatable bonds is 7. The highest BCUT2D eigenvalue weighted by atomic mass is 35.5. The Morgan fingerprint density at radius 1 is 1.04 bits per heavy atom. The van der Waals surface area contributed by atoms with Gasteiger partial charge in [-0.2, -0.15) is 0 Å². The molecule has 1 aromatic heterocycles. The first kappa shape index (κ1) is 18.7. The van der Waals surface area contributed by atoms with E-state index >= 15 is 0 Å². The van der Waals surface area contributed by atoms with E-state index in [0.29, 0.717) is 29.5 Å². The van der Waals surface area contributed by atoms with Gasteiger partial charge in [0.25, 0.3) is 5.91 Å². The highest BCUT2D eigenvalue weighted by Crippen LogP contribution is 2.15. The van der Waals surface area contributed by atoms with Crippen molar-refractivity contribution in [1.82, 2.24) is 10.3 Å². The summed E-state index contributed by atoms with van der Waals surface area (Å²) in [5, 5.41) is 6.71. The number of halogens is 1. The SMILES string of the molecule is COc1ccc(CNc2ccc(C(=O)NCc3ccccc3Cl)cn2)cc1. The number of nitrogens with zero attached hydrogens (tertiary/aromatic N) is 1. The summed E-state index contributed by atoms with van der Waals surface area (Å²) < 4.78 is 5.14. The number of amides is 1. The van der Waals surface area contributed by atoms with E-state index in [9.17, 15) is 4.79 Å². The van der Waals surface area contributed by atoms with E-state index in [1.54, 1.807) is 31.5 Å². The van der Waals surface area contributed by atoms with Gasteiger partial charge in [-0.3, -0.25) is 4.79 Å². The van der Waals surface area contributed by atoms with Crippen LogP contribution in [-0.4, -0.2) is 18.0 Å². The minimum atomic E-state index is -0.191. The normalized spacial score (nSPS) is 10.3. The molecule has 0 atom stereocenters. The first-order valence-electron chi connectivity index (χ1n) is 8.50. The van der Waals surface area contributed by atoms with Gasteiger partial charge in [0.1, 0.15) is 11.6 Å². The molecule has 138 valence electrons. The van der Waals surface area contributed by atoms with Crippen LogP contribution in [0.1, 0.15) is 21.5 Å². The topological polar surface area (TPSA) is 63.2 Å². The van der Waals surface area contributed by atoms with Crippen LogP contribution < -0.4 is 15.4 Å². The summed E-state index contributed by atoms with van der Waals surface area (Å²) in [5.74, 6) is 1.33. The monoisotopic (exact) mass is 381 g/mol. The predicted molar refractivity (Wildman–Crippen MR) is 107 cm³/mol. The van der Waals surface area contributed by atoms with Crippen LogP contribution in [0.3, 0.4) is 0 Å². The van der Waals surface area contributed by atoms with Crippen molar-refractivity contribution in [1.29, 1.82) is 0 Å². The predicted octanol–water partition coefficient (Wildman–Crippen LogP) is 4.29. The minimum absolute atomic E-state index is 0.191. The summed E-state index contributed by atoms with van der Waals surface area (Å²) in [7, 11) is 1.64. The van der Waals surface area contributed by atoms with Gasteiger partial charge in [0.05, 0.1) is 12.7 Å². The number of hydrogen-bond acceptors (Lipinski definition) is 4. The summed E-state index contributed by atoms with van der Waals surface area (Å²) in [6, 6.07) is 18.8. The minimum Gasteiger partial charge on any atom is -0.497 e. The second-order valence-corrected chi connectivity index (χ2v) is 6.32. The van der Waals surface area contributed by atoms with Crippen LogP contribution in [0.5, 0.6) is 5.75 Å². The number of pyridine rings is 1. The Kier molecular flexibility index (Phi) is 6.28. The van der Waals surface area contributed by atoms with Crippen molar-refractivity contribution < 1.29 is 9.53 Å². The summed E-state index contributed by atoms with van der Waals surface area (Å²) in [5.41, 5.74) is 2.48. The van der Waals surface area contributed by atoms with E-state index in [1.165, 1.54) is 0 Å². The van der Waals surface area contributed by atoms with Crippen molar-refractivity contribution in [2.75, 3.05) is 12.4 Å². The van der Waals surface area contributed by atoms with Crippen LogP contribution in [0.4, 0.5) is 5.82 Å². The lowest BCUT2D eigenvalue weighted by atomic mass is 10.2. The molecule has 1 heterocycles. The Bertz CT molecular complexity index is 896. The van der Waals surface area contributed by atoms with Crippen molar-refractivity contribution in [2.45, 2.75) is 13.1 Å². The van der Waals surface area contributed by atoms with Crippen molar-refractivity contribution in [3.63, 3.8) is 0 Å². The molecule has 2 N–H and O–H groups in total. The molecule has 0 unspecified atom stereocenters. The molecule has 0 aliphatic carbocycles. The van der Waals surface area contributed by atoms with E-state index in [2.05, 4.69) is 15.6 Å². The first-order chi connectivity index (χ1) is 13.2. The average Bonchev–Trinajstić information content (AvgIpc) is 2.72. The molecule has 0 aliphatic heterocycles. The fraction of sp³-hybridized carbons (Fsp3) is 0.143. The fourth-order valence-electron chi connectivity index (χ4n) is 2.49. The smallest absolute Gasteiger partial charge is 0.253 e. The molecule has 0 aliphatic rings. The number of anilines is 1. The van der Waals surface area contributed by atoms with Crippen molar-refractivity contribution in [2.24, 2.45) is 0 Å². The zero-order valence-corrected chi connectivity index (χ0v) is 15.7. The molecule has 5 nitrogen and oxygen atoms in total. The second kappa shape index (κ2) is 9.05. The van der Waals surface area contributed by atoms with E-state index in [0.717, 1.165) is 16.9 Å². The standard InChI is InChI=1S/C21H20ClN3O2/c1-27-18-9-6-15(7-10-18)12-23-20-11-8-17(14-24-20)21(26)25-13-16-4-2-3-5-19(16)22/h2-11,14H,12-13H2,1H3,(H,23,24)(H,25,26). The van der Waals surface area contributed by atoms with E-state index in [-0.39, 0.29) is 5.91 Å². The summed E-state index contributed by atoms with van der Waals surface area (Å²) in [4.78, 5) is 16.6. The van der Waals surface area contributed by atoms with Gasteiger partial charge < -0.3 is 15.4 Å². The van der Waals surface area contributed by atoms with Gasteiger partial charge in [-0.05, 0) is 41.5 Å². The lowest BCUT2D eigenvalue weighted by molar-refractivity contribution is 0.0950. The maximum atomic E-state index is 12.3. The lowest BCUT2D eigenvalue weighted by Gasteiger charge is -2.09. The maximum Gasteiger partial charge on any atom is 0.253 e. The summed E-state index contributed by atoms with van der Waals surface area (Å²) >= 11 is 6.10. The second-order valence-electron chi connectivity index (χ2n) is 5.91. The van der Waals surface area contributed by atoms with Crippen LogP contribution in [0.25, 0.3) is 0 Å². The van der Waals surface area contributed by atoms with Gasteiger partial charge in [-0.1, -0.05) is 41.9 Å². The molecule has 0 radical (unpaired) electrons. The fourth-order valence-corrected chi connectivity index (χ4v) is 2.69. The number of aromatic nitrogens is 1. The van der Waals surface area contributed by atoms with Crippen LogP contribution in [0.2, 0.25) is 5.02 Å². The van der Waals surface area contributed by atoms with Crippen LogP contribution in [0.15, 0.2) is 66.9 Å². The molecule has 3 aromatic rings. The molecule has 0 fully saturated rings.